The second kappa shape index (κ2) is 9.93. The number of thiazole rings is 1. The zero-order valence-corrected chi connectivity index (χ0v) is 17.6. The fourth-order valence-electron chi connectivity index (χ4n) is 2.72. The molecule has 0 saturated carbocycles. The Balaban J connectivity index is 1.51. The summed E-state index contributed by atoms with van der Waals surface area (Å²) in [4.78, 5) is 41.3. The molecule has 0 radical (unpaired) electrons. The van der Waals surface area contributed by atoms with Crippen molar-refractivity contribution < 1.29 is 19.1 Å². The molecule has 154 valence electrons. The summed E-state index contributed by atoms with van der Waals surface area (Å²) < 4.78 is 5.32. The molecule has 2 aromatic carbocycles. The predicted molar refractivity (Wildman–Crippen MR) is 116 cm³/mol. The maximum atomic E-state index is 12.3. The maximum Gasteiger partial charge on any atom is 0.350 e. The molecule has 1 amide bonds. The highest BCUT2D eigenvalue weighted by Crippen LogP contribution is 2.24. The second-order valence-electron chi connectivity index (χ2n) is 6.83. The van der Waals surface area contributed by atoms with Crippen molar-refractivity contribution in [3.63, 3.8) is 0 Å². The number of rotatable bonds is 8. The number of ketones is 1. The Labute approximate surface area is 178 Å². The lowest BCUT2D eigenvalue weighted by Gasteiger charge is -2.03. The zero-order chi connectivity index (χ0) is 21.5. The minimum Gasteiger partial charge on any atom is -0.457 e. The summed E-state index contributed by atoms with van der Waals surface area (Å²) >= 11 is 1.06. The van der Waals surface area contributed by atoms with Gasteiger partial charge < -0.3 is 10.1 Å². The number of anilines is 1. The summed E-state index contributed by atoms with van der Waals surface area (Å²) in [5.74, 6) is -0.900. The van der Waals surface area contributed by atoms with E-state index in [4.69, 9.17) is 4.74 Å². The van der Waals surface area contributed by atoms with Gasteiger partial charge in [-0.15, -0.1) is 0 Å². The average Bonchev–Trinajstić information content (AvgIpc) is 3.11. The van der Waals surface area contributed by atoms with Gasteiger partial charge in [0.1, 0.15) is 11.5 Å². The number of Topliss-reactive ketones (excluding diaryl/α,β-unsaturated/α-hetero) is 1. The summed E-state index contributed by atoms with van der Waals surface area (Å²) in [6, 6.07) is 16.6. The molecule has 0 unspecified atom stereocenters. The summed E-state index contributed by atoms with van der Waals surface area (Å²) in [7, 11) is 0. The molecule has 0 bridgehead atoms. The predicted octanol–water partition coefficient (Wildman–Crippen LogP) is 4.72. The van der Waals surface area contributed by atoms with Gasteiger partial charge in [-0.25, -0.2) is 9.78 Å². The first kappa shape index (κ1) is 21.4. The van der Waals surface area contributed by atoms with Gasteiger partial charge in [0.25, 0.3) is 0 Å². The molecule has 0 saturated heterocycles. The average molecular weight is 423 g/mol. The zero-order valence-electron chi connectivity index (χ0n) is 16.8. The standard InChI is InChI=1S/C23H22N2O4S/c1-15-8-10-18(11-9-15)19(26)12-13-20(27)25-23-24-16(2)21(30-23)22(28)29-14-17-6-4-3-5-7-17/h3-11H,12-14H2,1-2H3,(H,24,25,27). The molecule has 0 aliphatic heterocycles. The molecular formula is C23H22N2O4S. The quantitative estimate of drug-likeness (QED) is 0.419. The molecule has 3 rings (SSSR count). The van der Waals surface area contributed by atoms with Crippen LogP contribution >= 0.6 is 11.3 Å². The first-order chi connectivity index (χ1) is 14.4. The van der Waals surface area contributed by atoms with Crippen molar-refractivity contribution in [2.75, 3.05) is 5.32 Å². The lowest BCUT2D eigenvalue weighted by atomic mass is 10.1. The Bertz CT molecular complexity index is 1040. The van der Waals surface area contributed by atoms with Crippen molar-refractivity contribution in [2.24, 2.45) is 0 Å². The first-order valence-corrected chi connectivity index (χ1v) is 10.3. The molecule has 1 N–H and O–H groups in total. The maximum absolute atomic E-state index is 12.3. The third kappa shape index (κ3) is 5.84. The van der Waals surface area contributed by atoms with E-state index in [-0.39, 0.29) is 31.1 Å². The third-order valence-corrected chi connectivity index (χ3v) is 5.45. The van der Waals surface area contributed by atoms with Crippen LogP contribution in [0.25, 0.3) is 0 Å². The van der Waals surface area contributed by atoms with E-state index >= 15 is 0 Å². The second-order valence-corrected chi connectivity index (χ2v) is 7.83. The molecule has 7 heteroatoms. The van der Waals surface area contributed by atoms with Crippen molar-refractivity contribution in [2.45, 2.75) is 33.3 Å². The van der Waals surface area contributed by atoms with Crippen LogP contribution in [0.2, 0.25) is 0 Å². The number of benzene rings is 2. The van der Waals surface area contributed by atoms with E-state index in [1.807, 2.05) is 49.4 Å². The lowest BCUT2D eigenvalue weighted by Crippen LogP contribution is -2.13. The van der Waals surface area contributed by atoms with E-state index in [0.717, 1.165) is 22.5 Å². The summed E-state index contributed by atoms with van der Waals surface area (Å²) in [5.41, 5.74) is 3.03. The van der Waals surface area contributed by atoms with Crippen molar-refractivity contribution in [3.05, 3.63) is 81.9 Å². The molecule has 0 aliphatic rings. The van der Waals surface area contributed by atoms with Crippen molar-refractivity contribution in [3.8, 4) is 0 Å². The van der Waals surface area contributed by atoms with Crippen LogP contribution in [-0.4, -0.2) is 22.6 Å². The van der Waals surface area contributed by atoms with Gasteiger partial charge in [-0.2, -0.15) is 0 Å². The topological polar surface area (TPSA) is 85.4 Å². The molecule has 1 aromatic heterocycles. The highest BCUT2D eigenvalue weighted by molar-refractivity contribution is 7.17. The van der Waals surface area contributed by atoms with E-state index in [2.05, 4.69) is 10.3 Å². The van der Waals surface area contributed by atoms with Crippen LogP contribution in [0.4, 0.5) is 5.13 Å². The van der Waals surface area contributed by atoms with Crippen molar-refractivity contribution in [1.29, 1.82) is 0 Å². The first-order valence-electron chi connectivity index (χ1n) is 9.50. The highest BCUT2D eigenvalue weighted by Gasteiger charge is 2.18. The molecule has 0 aliphatic carbocycles. The number of ether oxygens (including phenoxy) is 1. The van der Waals surface area contributed by atoms with Gasteiger partial charge in [0, 0.05) is 18.4 Å². The Kier molecular flexibility index (Phi) is 7.08. The number of nitrogens with one attached hydrogen (secondary N) is 1. The van der Waals surface area contributed by atoms with Gasteiger partial charge in [-0.05, 0) is 19.4 Å². The van der Waals surface area contributed by atoms with E-state index in [9.17, 15) is 14.4 Å². The van der Waals surface area contributed by atoms with Crippen molar-refractivity contribution in [1.82, 2.24) is 4.98 Å². The fraction of sp³-hybridized carbons (Fsp3) is 0.217. The largest absolute Gasteiger partial charge is 0.457 e. The van der Waals surface area contributed by atoms with Gasteiger partial charge in [0.2, 0.25) is 5.91 Å². The van der Waals surface area contributed by atoms with Gasteiger partial charge >= 0.3 is 5.97 Å². The highest BCUT2D eigenvalue weighted by atomic mass is 32.1. The minimum atomic E-state index is -0.482. The van der Waals surface area contributed by atoms with Crippen LogP contribution in [0.1, 0.15) is 49.7 Å². The number of nitrogens with zero attached hydrogens (tertiary/aromatic N) is 1. The van der Waals surface area contributed by atoms with Crippen LogP contribution in [0.15, 0.2) is 54.6 Å². The molecule has 1 heterocycles. The number of hydrogen-bond donors (Lipinski definition) is 1. The number of carbonyl (C=O) groups excluding carboxylic acids is 3. The molecule has 0 spiro atoms. The number of esters is 1. The summed E-state index contributed by atoms with van der Waals surface area (Å²) in [5, 5.41) is 2.97. The third-order valence-electron chi connectivity index (χ3n) is 4.39. The SMILES string of the molecule is Cc1ccc(C(=O)CCC(=O)Nc2nc(C)c(C(=O)OCc3ccccc3)s2)cc1. The van der Waals surface area contributed by atoms with Crippen LogP contribution in [0.3, 0.4) is 0 Å². The summed E-state index contributed by atoms with van der Waals surface area (Å²) in [6.45, 7) is 3.80. The number of hydrogen-bond acceptors (Lipinski definition) is 6. The molecule has 0 atom stereocenters. The molecule has 30 heavy (non-hydrogen) atoms. The fourth-order valence-corrected chi connectivity index (χ4v) is 3.60. The summed E-state index contributed by atoms with van der Waals surface area (Å²) in [6.07, 6.45) is 0.143. The van der Waals surface area contributed by atoms with Crippen LogP contribution in [0.5, 0.6) is 0 Å². The number of amides is 1. The normalized spacial score (nSPS) is 10.5. The smallest absolute Gasteiger partial charge is 0.350 e. The molecule has 3 aromatic rings. The van der Waals surface area contributed by atoms with E-state index in [1.54, 1.807) is 19.1 Å². The van der Waals surface area contributed by atoms with Crippen molar-refractivity contribution >= 4 is 34.1 Å². The Morgan fingerprint density at radius 1 is 0.967 bits per heavy atom. The Morgan fingerprint density at radius 3 is 2.37 bits per heavy atom. The molecule has 6 nitrogen and oxygen atoms in total. The minimum absolute atomic E-state index is 0.0408. The molecular weight excluding hydrogens is 400 g/mol. The van der Waals surface area contributed by atoms with Gasteiger partial charge in [0.05, 0.1) is 5.69 Å². The number of aromatic nitrogens is 1. The van der Waals surface area contributed by atoms with Gasteiger partial charge in [-0.3, -0.25) is 9.59 Å². The monoisotopic (exact) mass is 422 g/mol. The Morgan fingerprint density at radius 2 is 1.67 bits per heavy atom. The van der Waals surface area contributed by atoms with Crippen LogP contribution in [-0.2, 0) is 16.1 Å². The van der Waals surface area contributed by atoms with Gasteiger partial charge in [-0.1, -0.05) is 71.5 Å². The number of aryl methyl sites for hydroxylation is 2. The van der Waals surface area contributed by atoms with E-state index in [1.165, 1.54) is 0 Å². The Hall–Kier alpha value is -3.32. The molecule has 0 fully saturated rings. The van der Waals surface area contributed by atoms with E-state index in [0.29, 0.717) is 21.3 Å². The van der Waals surface area contributed by atoms with Gasteiger partial charge in [0.15, 0.2) is 10.9 Å². The van der Waals surface area contributed by atoms with Crippen LogP contribution in [0, 0.1) is 13.8 Å². The van der Waals surface area contributed by atoms with Crippen LogP contribution < -0.4 is 5.32 Å². The lowest BCUT2D eigenvalue weighted by molar-refractivity contribution is -0.116. The van der Waals surface area contributed by atoms with E-state index < -0.39 is 5.97 Å². The number of carbonyl (C=O) groups is 3.